The zero-order chi connectivity index (χ0) is 12.3. The molecule has 0 unspecified atom stereocenters. The lowest BCUT2D eigenvalue weighted by Crippen LogP contribution is -2.18. The van der Waals surface area contributed by atoms with Gasteiger partial charge in [-0.3, -0.25) is 4.39 Å². The van der Waals surface area contributed by atoms with E-state index < -0.39 is 30.3 Å². The summed E-state index contributed by atoms with van der Waals surface area (Å²) in [7, 11) is 0. The summed E-state index contributed by atoms with van der Waals surface area (Å²) in [5, 5.41) is 0. The summed E-state index contributed by atoms with van der Waals surface area (Å²) in [6.07, 6.45) is -4.92. The Morgan fingerprint density at radius 2 is 1.88 bits per heavy atom. The van der Waals surface area contributed by atoms with Gasteiger partial charge in [-0.1, -0.05) is 6.07 Å². The minimum absolute atomic E-state index is 0.227. The molecular formula is C10H10F5N. The van der Waals surface area contributed by atoms with Crippen molar-refractivity contribution in [2.75, 3.05) is 6.67 Å². The van der Waals surface area contributed by atoms with Crippen molar-refractivity contribution in [2.45, 2.75) is 18.6 Å². The van der Waals surface area contributed by atoms with Crippen LogP contribution >= 0.6 is 0 Å². The van der Waals surface area contributed by atoms with Gasteiger partial charge in [-0.15, -0.1) is 0 Å². The Labute approximate surface area is 89.1 Å². The molecule has 0 bridgehead atoms. The van der Waals surface area contributed by atoms with Gasteiger partial charge in [0.05, 0.1) is 12.2 Å². The topological polar surface area (TPSA) is 26.0 Å². The summed E-state index contributed by atoms with van der Waals surface area (Å²) in [5.74, 6) is -0.997. The predicted molar refractivity (Wildman–Crippen MR) is 48.9 cm³/mol. The summed E-state index contributed by atoms with van der Waals surface area (Å²) in [6, 6.07) is 1.11. The second-order valence-corrected chi connectivity index (χ2v) is 3.31. The minimum atomic E-state index is -4.69. The van der Waals surface area contributed by atoms with Crippen molar-refractivity contribution < 1.29 is 22.0 Å². The van der Waals surface area contributed by atoms with E-state index in [1.54, 1.807) is 0 Å². The SMILES string of the molecule is N[C@@H](CCF)c1ccc(F)cc1C(F)(F)F. The lowest BCUT2D eigenvalue weighted by Gasteiger charge is -2.17. The number of alkyl halides is 4. The zero-order valence-corrected chi connectivity index (χ0v) is 8.19. The maximum Gasteiger partial charge on any atom is 0.416 e. The molecule has 0 heterocycles. The molecule has 0 saturated heterocycles. The number of rotatable bonds is 3. The first-order valence-electron chi connectivity index (χ1n) is 4.54. The maximum atomic E-state index is 12.7. The van der Waals surface area contributed by atoms with Crippen molar-refractivity contribution >= 4 is 0 Å². The van der Waals surface area contributed by atoms with Gasteiger partial charge in [0, 0.05) is 6.04 Å². The molecule has 0 saturated carbocycles. The molecule has 1 aromatic rings. The van der Waals surface area contributed by atoms with Gasteiger partial charge >= 0.3 is 6.18 Å². The molecule has 6 heteroatoms. The number of nitrogens with two attached hydrogens (primary N) is 1. The fraction of sp³-hybridized carbons (Fsp3) is 0.400. The second kappa shape index (κ2) is 4.78. The van der Waals surface area contributed by atoms with E-state index in [0.717, 1.165) is 12.1 Å². The van der Waals surface area contributed by atoms with Crippen LogP contribution in [0.4, 0.5) is 22.0 Å². The van der Waals surface area contributed by atoms with Crippen LogP contribution in [0, 0.1) is 5.82 Å². The van der Waals surface area contributed by atoms with E-state index in [1.807, 2.05) is 0 Å². The van der Waals surface area contributed by atoms with Crippen LogP contribution in [0.5, 0.6) is 0 Å². The molecule has 0 amide bonds. The van der Waals surface area contributed by atoms with E-state index in [-0.39, 0.29) is 12.0 Å². The summed E-state index contributed by atoms with van der Waals surface area (Å²) in [6.45, 7) is -0.824. The monoisotopic (exact) mass is 239 g/mol. The molecule has 0 aliphatic rings. The van der Waals surface area contributed by atoms with Crippen LogP contribution in [0.15, 0.2) is 18.2 Å². The third kappa shape index (κ3) is 2.91. The van der Waals surface area contributed by atoms with E-state index in [4.69, 9.17) is 5.73 Å². The largest absolute Gasteiger partial charge is 0.416 e. The number of hydrogen-bond acceptors (Lipinski definition) is 1. The summed E-state index contributed by atoms with van der Waals surface area (Å²) in [5.41, 5.74) is 3.96. The lowest BCUT2D eigenvalue weighted by molar-refractivity contribution is -0.138. The van der Waals surface area contributed by atoms with Crippen LogP contribution in [-0.4, -0.2) is 6.67 Å². The zero-order valence-electron chi connectivity index (χ0n) is 8.19. The lowest BCUT2D eigenvalue weighted by atomic mass is 9.98. The molecule has 0 aliphatic heterocycles. The number of benzene rings is 1. The van der Waals surface area contributed by atoms with Gasteiger partial charge in [0.2, 0.25) is 0 Å². The Hall–Kier alpha value is -1.17. The standard InChI is InChI=1S/C10H10F5N/c11-4-3-9(16)7-2-1-6(12)5-8(7)10(13,14)15/h1-2,5,9H,3-4,16H2/t9-/m0/s1. The van der Waals surface area contributed by atoms with Crippen molar-refractivity contribution in [2.24, 2.45) is 5.73 Å². The molecule has 0 fully saturated rings. The molecule has 16 heavy (non-hydrogen) atoms. The molecule has 1 rings (SSSR count). The van der Waals surface area contributed by atoms with Gasteiger partial charge < -0.3 is 5.73 Å². The van der Waals surface area contributed by atoms with E-state index in [1.165, 1.54) is 0 Å². The van der Waals surface area contributed by atoms with Crippen LogP contribution in [0.3, 0.4) is 0 Å². The fourth-order valence-corrected chi connectivity index (χ4v) is 1.37. The molecule has 0 aromatic heterocycles. The molecular weight excluding hydrogens is 229 g/mol. The first-order valence-corrected chi connectivity index (χ1v) is 4.54. The summed E-state index contributed by atoms with van der Waals surface area (Å²) in [4.78, 5) is 0. The van der Waals surface area contributed by atoms with Gasteiger partial charge in [0.1, 0.15) is 5.82 Å². The maximum absolute atomic E-state index is 12.7. The summed E-state index contributed by atoms with van der Waals surface area (Å²) < 4.78 is 62.3. The molecule has 1 nitrogen and oxygen atoms in total. The van der Waals surface area contributed by atoms with Gasteiger partial charge in [-0.25, -0.2) is 4.39 Å². The smallest absolute Gasteiger partial charge is 0.324 e. The first kappa shape index (κ1) is 12.9. The fourth-order valence-electron chi connectivity index (χ4n) is 1.37. The quantitative estimate of drug-likeness (QED) is 0.805. The van der Waals surface area contributed by atoms with E-state index >= 15 is 0 Å². The molecule has 0 aliphatic carbocycles. The highest BCUT2D eigenvalue weighted by atomic mass is 19.4. The predicted octanol–water partition coefficient (Wildman–Crippen LogP) is 3.20. The minimum Gasteiger partial charge on any atom is -0.324 e. The number of halogens is 5. The van der Waals surface area contributed by atoms with Gasteiger partial charge in [0.25, 0.3) is 0 Å². The highest BCUT2D eigenvalue weighted by molar-refractivity contribution is 5.32. The van der Waals surface area contributed by atoms with Crippen molar-refractivity contribution in [1.29, 1.82) is 0 Å². The van der Waals surface area contributed by atoms with Crippen molar-refractivity contribution in [3.8, 4) is 0 Å². The second-order valence-electron chi connectivity index (χ2n) is 3.31. The third-order valence-corrected chi connectivity index (χ3v) is 2.14. The van der Waals surface area contributed by atoms with Gasteiger partial charge in [0.15, 0.2) is 0 Å². The third-order valence-electron chi connectivity index (χ3n) is 2.14. The molecule has 90 valence electrons. The molecule has 0 spiro atoms. The van der Waals surface area contributed by atoms with E-state index in [0.29, 0.717) is 6.07 Å². The Morgan fingerprint density at radius 1 is 1.25 bits per heavy atom. The average molecular weight is 239 g/mol. The molecule has 2 N–H and O–H groups in total. The number of hydrogen-bond donors (Lipinski definition) is 1. The molecule has 1 atom stereocenters. The van der Waals surface area contributed by atoms with E-state index in [2.05, 4.69) is 0 Å². The Bertz CT molecular complexity index is 361. The van der Waals surface area contributed by atoms with Crippen molar-refractivity contribution in [3.05, 3.63) is 35.1 Å². The Balaban J connectivity index is 3.18. The van der Waals surface area contributed by atoms with Crippen LogP contribution in [0.2, 0.25) is 0 Å². The highest BCUT2D eigenvalue weighted by Crippen LogP contribution is 2.35. The Morgan fingerprint density at radius 3 is 2.38 bits per heavy atom. The first-order chi connectivity index (χ1) is 7.36. The molecule has 1 aromatic carbocycles. The van der Waals surface area contributed by atoms with Gasteiger partial charge in [-0.2, -0.15) is 13.2 Å². The summed E-state index contributed by atoms with van der Waals surface area (Å²) >= 11 is 0. The van der Waals surface area contributed by atoms with E-state index in [9.17, 15) is 22.0 Å². The normalized spacial score (nSPS) is 13.9. The molecule has 0 radical (unpaired) electrons. The van der Waals surface area contributed by atoms with Crippen molar-refractivity contribution in [3.63, 3.8) is 0 Å². The van der Waals surface area contributed by atoms with Gasteiger partial charge in [-0.05, 0) is 24.1 Å². The van der Waals surface area contributed by atoms with Crippen LogP contribution < -0.4 is 5.73 Å². The van der Waals surface area contributed by atoms with Crippen LogP contribution in [-0.2, 0) is 6.18 Å². The Kier molecular flexibility index (Phi) is 3.85. The van der Waals surface area contributed by atoms with Crippen molar-refractivity contribution in [1.82, 2.24) is 0 Å². The average Bonchev–Trinajstić information content (AvgIpc) is 2.16. The highest BCUT2D eigenvalue weighted by Gasteiger charge is 2.34. The van der Waals surface area contributed by atoms with Crippen LogP contribution in [0.25, 0.3) is 0 Å². The van der Waals surface area contributed by atoms with Crippen LogP contribution in [0.1, 0.15) is 23.6 Å².